The first kappa shape index (κ1) is 9.32. The van der Waals surface area contributed by atoms with E-state index < -0.39 is 11.6 Å². The van der Waals surface area contributed by atoms with Crippen LogP contribution in [0.5, 0.6) is 0 Å². The number of carbonyl (C=O) groups is 2. The van der Waals surface area contributed by atoms with Gasteiger partial charge in [-0.1, -0.05) is 13.8 Å². The van der Waals surface area contributed by atoms with E-state index in [1.54, 1.807) is 6.92 Å². The Morgan fingerprint density at radius 1 is 1.50 bits per heavy atom. The molecule has 1 heterocycles. The average Bonchev–Trinajstić information content (AvgIpc) is 2.16. The van der Waals surface area contributed by atoms with E-state index >= 15 is 0 Å². The van der Waals surface area contributed by atoms with Crippen LogP contribution in [0.3, 0.4) is 0 Å². The number of nitrogens with one attached hydrogen (secondary N) is 1. The first-order valence-corrected chi connectivity index (χ1v) is 4.06. The molecule has 0 spiro atoms. The second kappa shape index (κ2) is 2.62. The van der Waals surface area contributed by atoms with Gasteiger partial charge in [0.15, 0.2) is 0 Å². The summed E-state index contributed by atoms with van der Waals surface area (Å²) in [5, 5.41) is 2.15. The smallest absolute Gasteiger partial charge is 0.275 e. The Labute approximate surface area is 76.0 Å². The van der Waals surface area contributed by atoms with E-state index in [0.717, 1.165) is 4.42 Å². The first-order chi connectivity index (χ1) is 5.40. The van der Waals surface area contributed by atoms with Crippen LogP contribution in [-0.4, -0.2) is 21.9 Å². The molecule has 1 rings (SSSR count). The Balaban J connectivity index is 3.03. The van der Waals surface area contributed by atoms with Crippen LogP contribution in [0, 0.1) is 5.92 Å². The van der Waals surface area contributed by atoms with Gasteiger partial charge in [0.1, 0.15) is 5.54 Å². The molecule has 1 saturated heterocycles. The SMILES string of the molecule is CC(C)C1(C)C(=O)NC(=O)N1Cl. The van der Waals surface area contributed by atoms with Gasteiger partial charge in [0.05, 0.1) is 0 Å². The number of imide groups is 1. The van der Waals surface area contributed by atoms with Crippen molar-refractivity contribution in [3.05, 3.63) is 0 Å². The molecule has 1 unspecified atom stereocenters. The molecule has 0 radical (unpaired) electrons. The quantitative estimate of drug-likeness (QED) is 0.498. The zero-order chi connectivity index (χ0) is 9.52. The Morgan fingerprint density at radius 2 is 2.00 bits per heavy atom. The molecule has 0 aromatic rings. The summed E-state index contributed by atoms with van der Waals surface area (Å²) < 4.78 is 0.931. The molecule has 1 aliphatic rings. The van der Waals surface area contributed by atoms with E-state index in [1.165, 1.54) is 0 Å². The molecule has 0 bridgehead atoms. The molecule has 68 valence electrons. The lowest BCUT2D eigenvalue weighted by atomic mass is 9.89. The maximum atomic E-state index is 11.3. The lowest BCUT2D eigenvalue weighted by Gasteiger charge is -2.29. The molecule has 1 atom stereocenters. The van der Waals surface area contributed by atoms with Crippen molar-refractivity contribution in [1.82, 2.24) is 9.74 Å². The highest BCUT2D eigenvalue weighted by atomic mass is 35.5. The van der Waals surface area contributed by atoms with Gasteiger partial charge >= 0.3 is 6.03 Å². The lowest BCUT2D eigenvalue weighted by Crippen LogP contribution is -2.46. The second-order valence-corrected chi connectivity index (χ2v) is 3.68. The van der Waals surface area contributed by atoms with E-state index in [9.17, 15) is 9.59 Å². The van der Waals surface area contributed by atoms with Crippen molar-refractivity contribution in [3.8, 4) is 0 Å². The maximum absolute atomic E-state index is 11.3. The molecular formula is C7H11ClN2O2. The van der Waals surface area contributed by atoms with Crippen molar-refractivity contribution >= 4 is 23.7 Å². The number of nitrogens with zero attached hydrogens (tertiary/aromatic N) is 1. The summed E-state index contributed by atoms with van der Waals surface area (Å²) in [5.41, 5.74) is -0.918. The Kier molecular flexibility index (Phi) is 2.04. The third-order valence-corrected chi connectivity index (χ3v) is 2.90. The van der Waals surface area contributed by atoms with Crippen LogP contribution in [0.4, 0.5) is 4.79 Å². The van der Waals surface area contributed by atoms with Crippen LogP contribution in [0.2, 0.25) is 0 Å². The van der Waals surface area contributed by atoms with Gasteiger partial charge in [-0.25, -0.2) is 9.21 Å². The van der Waals surface area contributed by atoms with Crippen LogP contribution in [0.1, 0.15) is 20.8 Å². The summed E-state index contributed by atoms with van der Waals surface area (Å²) >= 11 is 5.66. The molecule has 3 amide bonds. The minimum absolute atomic E-state index is 0.0125. The topological polar surface area (TPSA) is 49.4 Å². The fourth-order valence-electron chi connectivity index (χ4n) is 1.06. The molecule has 5 heteroatoms. The fourth-order valence-corrected chi connectivity index (χ4v) is 1.38. The van der Waals surface area contributed by atoms with E-state index in [4.69, 9.17) is 11.8 Å². The van der Waals surface area contributed by atoms with Gasteiger partial charge in [0, 0.05) is 11.8 Å². The number of amides is 3. The van der Waals surface area contributed by atoms with Crippen LogP contribution in [0.25, 0.3) is 0 Å². The number of halogens is 1. The van der Waals surface area contributed by atoms with Crippen molar-refractivity contribution in [2.45, 2.75) is 26.3 Å². The van der Waals surface area contributed by atoms with E-state index in [2.05, 4.69) is 5.32 Å². The number of urea groups is 1. The zero-order valence-corrected chi connectivity index (χ0v) is 7.97. The van der Waals surface area contributed by atoms with Crippen LogP contribution in [-0.2, 0) is 4.79 Å². The van der Waals surface area contributed by atoms with Crippen molar-refractivity contribution in [3.63, 3.8) is 0 Å². The van der Waals surface area contributed by atoms with Gasteiger partial charge in [0.2, 0.25) is 0 Å². The molecule has 4 nitrogen and oxygen atoms in total. The Hall–Kier alpha value is -0.770. The largest absolute Gasteiger partial charge is 0.339 e. The molecular weight excluding hydrogens is 180 g/mol. The van der Waals surface area contributed by atoms with Crippen LogP contribution in [0.15, 0.2) is 0 Å². The highest BCUT2D eigenvalue weighted by molar-refractivity contribution is 6.28. The van der Waals surface area contributed by atoms with Gasteiger partial charge in [-0.2, -0.15) is 0 Å². The summed E-state index contributed by atoms with van der Waals surface area (Å²) in [6.07, 6.45) is 0. The molecule has 0 saturated carbocycles. The van der Waals surface area contributed by atoms with Crippen molar-refractivity contribution < 1.29 is 9.59 Å². The highest BCUT2D eigenvalue weighted by Gasteiger charge is 2.51. The standard InChI is InChI=1S/C7H11ClN2O2/c1-4(2)7(3)5(11)9-6(12)10(7)8/h4H,1-3H3,(H,9,11,12). The second-order valence-electron chi connectivity index (χ2n) is 3.34. The van der Waals surface area contributed by atoms with Crippen molar-refractivity contribution in [1.29, 1.82) is 0 Å². The Morgan fingerprint density at radius 3 is 2.17 bits per heavy atom. The van der Waals surface area contributed by atoms with Crippen molar-refractivity contribution in [2.24, 2.45) is 5.92 Å². The summed E-state index contributed by atoms with van der Waals surface area (Å²) in [4.78, 5) is 22.3. The fraction of sp³-hybridized carbons (Fsp3) is 0.714. The number of rotatable bonds is 1. The lowest BCUT2D eigenvalue weighted by molar-refractivity contribution is -0.126. The van der Waals surface area contributed by atoms with Crippen LogP contribution >= 0.6 is 11.8 Å². The molecule has 12 heavy (non-hydrogen) atoms. The Bertz CT molecular complexity index is 242. The zero-order valence-electron chi connectivity index (χ0n) is 7.22. The summed E-state index contributed by atoms with van der Waals surface area (Å²) in [6.45, 7) is 5.33. The van der Waals surface area contributed by atoms with Gasteiger partial charge in [-0.05, 0) is 12.8 Å². The monoisotopic (exact) mass is 190 g/mol. The molecule has 1 aliphatic heterocycles. The summed E-state index contributed by atoms with van der Waals surface area (Å²) in [5.74, 6) is -0.348. The van der Waals surface area contributed by atoms with Crippen molar-refractivity contribution in [2.75, 3.05) is 0 Å². The third kappa shape index (κ3) is 0.982. The predicted molar refractivity (Wildman–Crippen MR) is 44.5 cm³/mol. The van der Waals surface area contributed by atoms with Crippen LogP contribution < -0.4 is 5.32 Å². The minimum atomic E-state index is -0.918. The summed E-state index contributed by atoms with van der Waals surface area (Å²) in [7, 11) is 0. The molecule has 1 N–H and O–H groups in total. The maximum Gasteiger partial charge on any atom is 0.339 e. The van der Waals surface area contributed by atoms with E-state index in [0.29, 0.717) is 0 Å². The normalized spacial score (nSPS) is 29.9. The molecule has 0 aromatic heterocycles. The highest BCUT2D eigenvalue weighted by Crippen LogP contribution is 2.30. The number of hydrogen-bond donors (Lipinski definition) is 1. The van der Waals surface area contributed by atoms with Gasteiger partial charge < -0.3 is 0 Å². The average molecular weight is 191 g/mol. The third-order valence-electron chi connectivity index (χ3n) is 2.39. The van der Waals surface area contributed by atoms with E-state index in [1.807, 2.05) is 13.8 Å². The van der Waals surface area contributed by atoms with Gasteiger partial charge in [0.25, 0.3) is 5.91 Å². The van der Waals surface area contributed by atoms with Gasteiger partial charge in [-0.15, -0.1) is 0 Å². The first-order valence-electron chi connectivity index (χ1n) is 3.72. The summed E-state index contributed by atoms with van der Waals surface area (Å²) in [6, 6.07) is -0.544. The minimum Gasteiger partial charge on any atom is -0.275 e. The molecule has 0 aliphatic carbocycles. The number of hydrogen-bond acceptors (Lipinski definition) is 2. The molecule has 1 fully saturated rings. The molecule has 0 aromatic carbocycles. The van der Waals surface area contributed by atoms with Gasteiger partial charge in [-0.3, -0.25) is 10.1 Å². The number of carbonyl (C=O) groups excluding carboxylic acids is 2. The predicted octanol–water partition coefficient (Wildman–Crippen LogP) is 1.11. The van der Waals surface area contributed by atoms with E-state index in [-0.39, 0.29) is 11.8 Å².